The van der Waals surface area contributed by atoms with Crippen LogP contribution in [-0.4, -0.2) is 38.6 Å². The van der Waals surface area contributed by atoms with Crippen molar-refractivity contribution in [2.24, 2.45) is 0 Å². The summed E-state index contributed by atoms with van der Waals surface area (Å²) in [5, 5.41) is 2.75. The first kappa shape index (κ1) is 20.5. The Bertz CT molecular complexity index is 1030. The number of H-pyrrole nitrogens is 1. The monoisotopic (exact) mass is 419 g/mol. The van der Waals surface area contributed by atoms with E-state index < -0.39 is 0 Å². The third-order valence-corrected chi connectivity index (χ3v) is 6.04. The Morgan fingerprint density at radius 3 is 2.46 bits per heavy atom. The Kier molecular flexibility index (Phi) is 6.20. The second-order valence-electron chi connectivity index (χ2n) is 6.98. The van der Waals surface area contributed by atoms with E-state index in [2.05, 4.69) is 9.97 Å². The van der Waals surface area contributed by atoms with Crippen molar-refractivity contribution in [1.29, 1.82) is 0 Å². The number of rotatable bonds is 6. The number of nitrogens with zero attached hydrogens (tertiary/aromatic N) is 2. The molecule has 0 atom stereocenters. The van der Waals surface area contributed by atoms with Gasteiger partial charge in [-0.15, -0.1) is 11.3 Å². The summed E-state index contributed by atoms with van der Waals surface area (Å²) in [6.45, 7) is 7.93. The lowest BCUT2D eigenvalue weighted by Gasteiger charge is -2.30. The maximum atomic E-state index is 13.2. The van der Waals surface area contributed by atoms with E-state index in [-0.39, 0.29) is 35.1 Å². The zero-order chi connectivity index (χ0) is 20.4. The quantitative estimate of drug-likeness (QED) is 0.471. The van der Waals surface area contributed by atoms with Crippen LogP contribution >= 0.6 is 23.1 Å². The molecule has 0 saturated carbocycles. The Hall–Kier alpha value is -2.19. The Morgan fingerprint density at radius 1 is 1.21 bits per heavy atom. The molecule has 0 spiro atoms. The minimum atomic E-state index is -0.324. The van der Waals surface area contributed by atoms with Gasteiger partial charge in [0, 0.05) is 23.0 Å². The SMILES string of the molecule is CC(C)N(C(=O)CSc1nc2scc(-c3ccc(F)cc3)c2c(=O)[nH]1)C(C)C. The van der Waals surface area contributed by atoms with Gasteiger partial charge in [-0.3, -0.25) is 9.59 Å². The first-order valence-corrected chi connectivity index (χ1v) is 10.9. The highest BCUT2D eigenvalue weighted by atomic mass is 32.2. The average Bonchev–Trinajstić information content (AvgIpc) is 3.04. The molecular weight excluding hydrogens is 397 g/mol. The van der Waals surface area contributed by atoms with Gasteiger partial charge in [0.1, 0.15) is 10.6 Å². The molecule has 0 radical (unpaired) electrons. The molecule has 3 aromatic rings. The fraction of sp³-hybridized carbons (Fsp3) is 0.350. The van der Waals surface area contributed by atoms with Gasteiger partial charge in [0.25, 0.3) is 5.56 Å². The van der Waals surface area contributed by atoms with Crippen LogP contribution in [0.1, 0.15) is 27.7 Å². The molecule has 3 rings (SSSR count). The number of fused-ring (bicyclic) bond motifs is 1. The summed E-state index contributed by atoms with van der Waals surface area (Å²) in [6.07, 6.45) is 0. The zero-order valence-electron chi connectivity index (χ0n) is 16.2. The molecule has 0 bridgehead atoms. The fourth-order valence-electron chi connectivity index (χ4n) is 3.22. The van der Waals surface area contributed by atoms with Crippen molar-refractivity contribution in [3.05, 3.63) is 45.8 Å². The van der Waals surface area contributed by atoms with Crippen molar-refractivity contribution < 1.29 is 9.18 Å². The number of hydrogen-bond donors (Lipinski definition) is 1. The van der Waals surface area contributed by atoms with E-state index in [0.29, 0.717) is 15.4 Å². The van der Waals surface area contributed by atoms with Gasteiger partial charge in [-0.1, -0.05) is 23.9 Å². The molecule has 0 aliphatic carbocycles. The topological polar surface area (TPSA) is 66.1 Å². The standard InChI is InChI=1S/C20H22FN3O2S2/c1-11(2)24(12(3)4)16(25)10-28-20-22-18(26)17-15(9-27-19(17)23-20)13-5-7-14(21)8-6-13/h5-9,11-12H,10H2,1-4H3,(H,22,23,26). The number of amides is 1. The average molecular weight is 420 g/mol. The predicted molar refractivity (Wildman–Crippen MR) is 113 cm³/mol. The van der Waals surface area contributed by atoms with Crippen molar-refractivity contribution in [3.63, 3.8) is 0 Å². The second kappa shape index (κ2) is 8.45. The first-order chi connectivity index (χ1) is 13.3. The molecule has 0 fully saturated rings. The van der Waals surface area contributed by atoms with Gasteiger partial charge in [0.2, 0.25) is 5.91 Å². The van der Waals surface area contributed by atoms with Gasteiger partial charge < -0.3 is 9.88 Å². The highest BCUT2D eigenvalue weighted by molar-refractivity contribution is 7.99. The van der Waals surface area contributed by atoms with E-state index in [9.17, 15) is 14.0 Å². The van der Waals surface area contributed by atoms with Crippen LogP contribution in [0.15, 0.2) is 39.6 Å². The molecule has 1 amide bonds. The summed E-state index contributed by atoms with van der Waals surface area (Å²) in [7, 11) is 0. The summed E-state index contributed by atoms with van der Waals surface area (Å²) in [4.78, 5) is 34.9. The Labute approximate surface area is 171 Å². The summed E-state index contributed by atoms with van der Waals surface area (Å²) >= 11 is 2.59. The maximum absolute atomic E-state index is 13.2. The van der Waals surface area contributed by atoms with Gasteiger partial charge in [-0.25, -0.2) is 9.37 Å². The fourth-order valence-corrected chi connectivity index (χ4v) is 4.95. The van der Waals surface area contributed by atoms with Crippen molar-refractivity contribution in [1.82, 2.24) is 14.9 Å². The number of benzene rings is 1. The summed E-state index contributed by atoms with van der Waals surface area (Å²) in [5.74, 6) is -0.104. The van der Waals surface area contributed by atoms with Crippen LogP contribution in [0.5, 0.6) is 0 Å². The van der Waals surface area contributed by atoms with Gasteiger partial charge in [-0.05, 0) is 45.4 Å². The normalized spacial score (nSPS) is 11.5. The molecule has 28 heavy (non-hydrogen) atoms. The largest absolute Gasteiger partial charge is 0.337 e. The van der Waals surface area contributed by atoms with Crippen LogP contribution in [0.2, 0.25) is 0 Å². The van der Waals surface area contributed by atoms with Crippen LogP contribution in [0.3, 0.4) is 0 Å². The van der Waals surface area contributed by atoms with E-state index in [1.54, 1.807) is 12.1 Å². The molecule has 8 heteroatoms. The zero-order valence-corrected chi connectivity index (χ0v) is 17.8. The van der Waals surface area contributed by atoms with Crippen molar-refractivity contribution in [2.75, 3.05) is 5.75 Å². The van der Waals surface area contributed by atoms with Gasteiger partial charge in [0.15, 0.2) is 5.16 Å². The number of aromatic amines is 1. The lowest BCUT2D eigenvalue weighted by atomic mass is 10.1. The number of carbonyl (C=O) groups excluding carboxylic acids is 1. The molecular formula is C20H22FN3O2S2. The number of thiophene rings is 1. The van der Waals surface area contributed by atoms with Crippen LogP contribution < -0.4 is 5.56 Å². The minimum absolute atomic E-state index is 0.0101. The third-order valence-electron chi connectivity index (χ3n) is 4.31. The molecule has 0 aliphatic rings. The van der Waals surface area contributed by atoms with E-state index in [0.717, 1.165) is 11.1 Å². The molecule has 2 heterocycles. The molecule has 0 saturated heterocycles. The van der Waals surface area contributed by atoms with E-state index in [1.165, 1.54) is 35.2 Å². The number of hydrogen-bond acceptors (Lipinski definition) is 5. The number of aromatic nitrogens is 2. The van der Waals surface area contributed by atoms with Crippen LogP contribution in [-0.2, 0) is 4.79 Å². The van der Waals surface area contributed by atoms with Gasteiger partial charge in [0.05, 0.1) is 11.1 Å². The number of halogens is 1. The van der Waals surface area contributed by atoms with E-state index in [4.69, 9.17) is 0 Å². The first-order valence-electron chi connectivity index (χ1n) is 8.99. The second-order valence-corrected chi connectivity index (χ2v) is 8.81. The molecule has 0 unspecified atom stereocenters. The van der Waals surface area contributed by atoms with Crippen molar-refractivity contribution in [3.8, 4) is 11.1 Å². The van der Waals surface area contributed by atoms with Gasteiger partial charge in [-0.2, -0.15) is 0 Å². The molecule has 1 N–H and O–H groups in total. The molecule has 1 aromatic carbocycles. The summed E-state index contributed by atoms with van der Waals surface area (Å²) < 4.78 is 13.2. The maximum Gasteiger partial charge on any atom is 0.260 e. The van der Waals surface area contributed by atoms with Crippen molar-refractivity contribution >= 4 is 39.2 Å². The Balaban J connectivity index is 1.84. The predicted octanol–water partition coefficient (Wildman–Crippen LogP) is 4.53. The molecule has 148 valence electrons. The molecule has 2 aromatic heterocycles. The molecule has 5 nitrogen and oxygen atoms in total. The van der Waals surface area contributed by atoms with Crippen LogP contribution in [0.25, 0.3) is 21.3 Å². The minimum Gasteiger partial charge on any atom is -0.337 e. The molecule has 0 aliphatic heterocycles. The Morgan fingerprint density at radius 2 is 1.86 bits per heavy atom. The van der Waals surface area contributed by atoms with Crippen LogP contribution in [0.4, 0.5) is 4.39 Å². The summed E-state index contributed by atoms with van der Waals surface area (Å²) in [5.41, 5.74) is 1.23. The lowest BCUT2D eigenvalue weighted by molar-refractivity contribution is -0.131. The summed E-state index contributed by atoms with van der Waals surface area (Å²) in [6, 6.07) is 6.24. The third kappa shape index (κ3) is 4.28. The van der Waals surface area contributed by atoms with Gasteiger partial charge >= 0.3 is 0 Å². The number of thioether (sulfide) groups is 1. The lowest BCUT2D eigenvalue weighted by Crippen LogP contribution is -2.43. The van der Waals surface area contributed by atoms with Crippen molar-refractivity contribution in [2.45, 2.75) is 44.9 Å². The highest BCUT2D eigenvalue weighted by Crippen LogP contribution is 2.31. The van der Waals surface area contributed by atoms with Crippen LogP contribution in [0, 0.1) is 5.82 Å². The van der Waals surface area contributed by atoms with E-state index in [1.807, 2.05) is 38.0 Å². The number of carbonyl (C=O) groups is 1. The van der Waals surface area contributed by atoms with E-state index >= 15 is 0 Å². The highest BCUT2D eigenvalue weighted by Gasteiger charge is 2.21. The smallest absolute Gasteiger partial charge is 0.260 e. The number of nitrogens with one attached hydrogen (secondary N) is 1.